The SMILES string of the molecule is CC(N)[S+]([O-])c1ccc2[nH]c3c(c2c1)CC(N)CC3OC(=O)C(=O)OC1CC(N)Cc2c1[nH]c1ccc([S+]([O-])C(C)N)cc21. The van der Waals surface area contributed by atoms with E-state index in [-0.39, 0.29) is 12.1 Å². The molecule has 0 radical (unpaired) electrons. The van der Waals surface area contributed by atoms with Gasteiger partial charge in [-0.25, -0.2) is 9.59 Å². The number of aromatic nitrogens is 2. The highest BCUT2D eigenvalue weighted by molar-refractivity contribution is 7.92. The molecule has 0 spiro atoms. The Labute approximate surface area is 259 Å². The molecule has 4 aromatic rings. The molecular weight excluding hydrogens is 605 g/mol. The van der Waals surface area contributed by atoms with Crippen LogP contribution in [0.5, 0.6) is 0 Å². The van der Waals surface area contributed by atoms with Crippen LogP contribution in [0, 0.1) is 0 Å². The van der Waals surface area contributed by atoms with Crippen LogP contribution in [0.3, 0.4) is 0 Å². The number of hydrogen-bond acceptors (Lipinski definition) is 10. The first-order chi connectivity index (χ1) is 20.9. The van der Waals surface area contributed by atoms with Crippen LogP contribution in [0.25, 0.3) is 21.8 Å². The van der Waals surface area contributed by atoms with E-state index in [1.807, 2.05) is 24.3 Å². The Bertz CT molecular complexity index is 1610. The minimum absolute atomic E-state index is 0.309. The number of esters is 2. The minimum atomic E-state index is -1.39. The molecule has 0 aliphatic heterocycles. The molecule has 0 saturated carbocycles. The molecule has 2 aromatic heterocycles. The monoisotopic (exact) mass is 640 g/mol. The Hall–Kier alpha value is -3.08. The van der Waals surface area contributed by atoms with Crippen molar-refractivity contribution in [2.75, 3.05) is 0 Å². The second-order valence-electron chi connectivity index (χ2n) is 11.6. The third-order valence-electron chi connectivity index (χ3n) is 8.24. The summed E-state index contributed by atoms with van der Waals surface area (Å²) in [4.78, 5) is 33.9. The van der Waals surface area contributed by atoms with Gasteiger partial charge in [0.2, 0.25) is 0 Å². The van der Waals surface area contributed by atoms with Crippen LogP contribution in [0.15, 0.2) is 46.2 Å². The molecule has 6 rings (SSSR count). The predicted octanol–water partition coefficient (Wildman–Crippen LogP) is 1.89. The highest BCUT2D eigenvalue weighted by atomic mass is 32.2. The number of hydrogen-bond donors (Lipinski definition) is 6. The summed E-state index contributed by atoms with van der Waals surface area (Å²) in [6.07, 6.45) is 0.0526. The van der Waals surface area contributed by atoms with Crippen LogP contribution in [0.4, 0.5) is 0 Å². The maximum Gasteiger partial charge on any atom is 0.418 e. The molecule has 0 amide bonds. The van der Waals surface area contributed by atoms with Crippen LogP contribution in [0.1, 0.15) is 61.4 Å². The lowest BCUT2D eigenvalue weighted by atomic mass is 9.90. The van der Waals surface area contributed by atoms with Gasteiger partial charge in [-0.05, 0) is 62.1 Å². The fourth-order valence-corrected chi connectivity index (χ4v) is 7.94. The first-order valence-corrected chi connectivity index (χ1v) is 16.9. The summed E-state index contributed by atoms with van der Waals surface area (Å²) in [6, 6.07) is 10.1. The fourth-order valence-electron chi connectivity index (χ4n) is 6.21. The lowest BCUT2D eigenvalue weighted by Gasteiger charge is -2.28. The van der Waals surface area contributed by atoms with Gasteiger partial charge in [0.05, 0.1) is 11.4 Å². The van der Waals surface area contributed by atoms with E-state index < -0.39 is 57.2 Å². The molecule has 2 heterocycles. The van der Waals surface area contributed by atoms with Gasteiger partial charge in [0.15, 0.2) is 20.5 Å². The summed E-state index contributed by atoms with van der Waals surface area (Å²) in [5.74, 6) is -2.28. The highest BCUT2D eigenvalue weighted by Gasteiger charge is 2.37. The van der Waals surface area contributed by atoms with Crippen molar-refractivity contribution in [3.05, 3.63) is 58.9 Å². The van der Waals surface area contributed by atoms with Crippen LogP contribution in [-0.4, -0.2) is 53.8 Å². The molecule has 0 saturated heterocycles. The van der Waals surface area contributed by atoms with E-state index >= 15 is 0 Å². The Morgan fingerprint density at radius 2 is 1.16 bits per heavy atom. The number of nitrogens with one attached hydrogen (secondary N) is 2. The molecule has 2 aliphatic carbocycles. The van der Waals surface area contributed by atoms with Gasteiger partial charge in [-0.15, -0.1) is 0 Å². The average Bonchev–Trinajstić information content (AvgIpc) is 3.53. The topological polar surface area (TPSA) is 234 Å². The number of H-pyrrole nitrogens is 2. The maximum absolute atomic E-state index is 13.1. The van der Waals surface area contributed by atoms with E-state index in [1.165, 1.54) is 0 Å². The van der Waals surface area contributed by atoms with Crippen molar-refractivity contribution in [2.45, 2.75) is 84.4 Å². The van der Waals surface area contributed by atoms with Crippen LogP contribution in [-0.2, 0) is 54.3 Å². The molecule has 234 valence electrons. The first kappa shape index (κ1) is 30.9. The van der Waals surface area contributed by atoms with E-state index in [0.29, 0.717) is 46.9 Å². The molecule has 14 heteroatoms. The van der Waals surface area contributed by atoms with E-state index in [4.69, 9.17) is 32.4 Å². The molecule has 8 unspecified atom stereocenters. The van der Waals surface area contributed by atoms with Gasteiger partial charge < -0.3 is 40.0 Å². The third-order valence-corrected chi connectivity index (χ3v) is 11.0. The van der Waals surface area contributed by atoms with E-state index in [9.17, 15) is 18.7 Å². The van der Waals surface area contributed by atoms with E-state index in [1.54, 1.807) is 26.0 Å². The molecular formula is C30H36N6O6S2. The fraction of sp³-hybridized carbons (Fsp3) is 0.400. The third kappa shape index (κ3) is 5.72. The van der Waals surface area contributed by atoms with Gasteiger partial charge in [0.1, 0.15) is 12.2 Å². The van der Waals surface area contributed by atoms with Gasteiger partial charge >= 0.3 is 11.9 Å². The number of fused-ring (bicyclic) bond motifs is 6. The van der Waals surface area contributed by atoms with Crippen LogP contribution >= 0.6 is 0 Å². The molecule has 8 atom stereocenters. The zero-order chi connectivity index (χ0) is 31.4. The van der Waals surface area contributed by atoms with Crippen molar-refractivity contribution >= 4 is 56.1 Å². The number of benzene rings is 2. The summed E-state index contributed by atoms with van der Waals surface area (Å²) >= 11 is -2.77. The van der Waals surface area contributed by atoms with Crippen molar-refractivity contribution in [1.82, 2.24) is 9.97 Å². The predicted molar refractivity (Wildman–Crippen MR) is 167 cm³/mol. The number of nitrogens with two attached hydrogens (primary N) is 4. The quantitative estimate of drug-likeness (QED) is 0.102. The van der Waals surface area contributed by atoms with Crippen molar-refractivity contribution in [3.8, 4) is 0 Å². The summed E-state index contributed by atoms with van der Waals surface area (Å²) in [7, 11) is 0. The van der Waals surface area contributed by atoms with Crippen molar-refractivity contribution < 1.29 is 28.2 Å². The minimum Gasteiger partial charge on any atom is -0.610 e. The summed E-state index contributed by atoms with van der Waals surface area (Å²) in [5.41, 5.74) is 28.9. The Morgan fingerprint density at radius 3 is 1.52 bits per heavy atom. The van der Waals surface area contributed by atoms with Gasteiger partial charge in [0.25, 0.3) is 0 Å². The second-order valence-corrected chi connectivity index (χ2v) is 15.3. The number of carbonyl (C=O) groups excluding carboxylic acids is 2. The Morgan fingerprint density at radius 1 is 0.773 bits per heavy atom. The van der Waals surface area contributed by atoms with Gasteiger partial charge in [-0.1, -0.05) is 0 Å². The largest absolute Gasteiger partial charge is 0.610 e. The Balaban J connectivity index is 1.22. The molecule has 10 N–H and O–H groups in total. The molecule has 0 bridgehead atoms. The van der Waals surface area contributed by atoms with Crippen LogP contribution in [0.2, 0.25) is 0 Å². The highest BCUT2D eigenvalue weighted by Crippen LogP contribution is 2.39. The molecule has 2 aromatic carbocycles. The molecule has 12 nitrogen and oxygen atoms in total. The summed E-state index contributed by atoms with van der Waals surface area (Å²) in [5, 5.41) is 0.569. The zero-order valence-electron chi connectivity index (χ0n) is 24.3. The molecule has 2 aliphatic rings. The standard InChI is InChI=1S/C30H36N6O6S2/c1-13(31)43(39)17-3-5-23-19(11-17)21-7-15(33)9-25(27(21)35-23)41-29(37)30(38)42-26-10-16(34)8-22-20-12-18(44(40)14(2)32)4-6-24(20)36-28(22)26/h3-6,11-16,25-26,35-36H,7-10,31-34H2,1-2H3. The zero-order valence-corrected chi connectivity index (χ0v) is 26.0. The van der Waals surface area contributed by atoms with Gasteiger partial charge in [-0.2, -0.15) is 0 Å². The Kier molecular flexibility index (Phi) is 8.45. The van der Waals surface area contributed by atoms with Crippen molar-refractivity contribution in [2.24, 2.45) is 22.9 Å². The van der Waals surface area contributed by atoms with Gasteiger partial charge in [0, 0.05) is 81.2 Å². The molecule has 0 fully saturated rings. The average molecular weight is 641 g/mol. The second kappa shape index (κ2) is 12.0. The summed E-state index contributed by atoms with van der Waals surface area (Å²) in [6.45, 7) is 3.36. The summed E-state index contributed by atoms with van der Waals surface area (Å²) < 4.78 is 36.6. The lowest BCUT2D eigenvalue weighted by Crippen LogP contribution is -2.35. The normalized spacial score (nSPS) is 24.3. The number of ether oxygens (including phenoxy) is 2. The van der Waals surface area contributed by atoms with E-state index in [0.717, 1.165) is 32.9 Å². The number of rotatable bonds is 6. The van der Waals surface area contributed by atoms with Gasteiger partial charge in [-0.3, -0.25) is 11.5 Å². The lowest BCUT2D eigenvalue weighted by molar-refractivity contribution is -0.175. The smallest absolute Gasteiger partial charge is 0.418 e. The van der Waals surface area contributed by atoms with Crippen LogP contribution < -0.4 is 22.9 Å². The first-order valence-electron chi connectivity index (χ1n) is 14.4. The van der Waals surface area contributed by atoms with Crippen molar-refractivity contribution in [3.63, 3.8) is 0 Å². The maximum atomic E-state index is 13.1. The molecule has 44 heavy (non-hydrogen) atoms. The number of carbonyl (C=O) groups is 2. The van der Waals surface area contributed by atoms with Crippen molar-refractivity contribution in [1.29, 1.82) is 0 Å². The van der Waals surface area contributed by atoms with E-state index in [2.05, 4.69) is 9.97 Å². The number of aromatic amines is 2.